The number of ether oxygens (including phenoxy) is 2. The van der Waals surface area contributed by atoms with Gasteiger partial charge < -0.3 is 20.1 Å². The van der Waals surface area contributed by atoms with Crippen LogP contribution in [0.1, 0.15) is 12.8 Å². The van der Waals surface area contributed by atoms with Crippen LogP contribution in [0.2, 0.25) is 0 Å². The fourth-order valence-electron chi connectivity index (χ4n) is 2.67. The minimum Gasteiger partial charge on any atom is -0.493 e. The molecule has 0 amide bonds. The van der Waals surface area contributed by atoms with Gasteiger partial charge in [0.15, 0.2) is 17.5 Å². The molecule has 5 nitrogen and oxygen atoms in total. The summed E-state index contributed by atoms with van der Waals surface area (Å²) in [5, 5.41) is 6.77. The minimum atomic E-state index is 0.260. The Morgan fingerprint density at radius 2 is 1.81 bits per heavy atom. The van der Waals surface area contributed by atoms with Gasteiger partial charge in [-0.2, -0.15) is 0 Å². The number of benzene rings is 2. The van der Waals surface area contributed by atoms with Crippen LogP contribution >= 0.6 is 11.8 Å². The van der Waals surface area contributed by atoms with Gasteiger partial charge in [-0.25, -0.2) is 0 Å². The summed E-state index contributed by atoms with van der Waals surface area (Å²) in [5.41, 5.74) is 0.899. The first-order valence-corrected chi connectivity index (χ1v) is 9.43. The Morgan fingerprint density at radius 1 is 1.08 bits per heavy atom. The molecule has 0 atom stereocenters. The normalized spacial score (nSPS) is 15.3. The number of anilines is 1. The van der Waals surface area contributed by atoms with E-state index < -0.39 is 0 Å². The minimum absolute atomic E-state index is 0.260. The maximum atomic E-state index is 5.35. The maximum Gasteiger partial charge on any atom is 0.195 e. The molecule has 2 N–H and O–H groups in total. The molecule has 0 radical (unpaired) electrons. The number of rotatable bonds is 7. The lowest BCUT2D eigenvalue weighted by molar-refractivity contribution is 0.355. The summed E-state index contributed by atoms with van der Waals surface area (Å²) in [7, 11) is 5.04. The molecule has 0 bridgehead atoms. The van der Waals surface area contributed by atoms with Gasteiger partial charge in [-0.15, -0.1) is 11.8 Å². The van der Waals surface area contributed by atoms with E-state index in [-0.39, 0.29) is 4.75 Å². The van der Waals surface area contributed by atoms with E-state index in [1.54, 1.807) is 21.3 Å². The summed E-state index contributed by atoms with van der Waals surface area (Å²) >= 11 is 1.94. The van der Waals surface area contributed by atoms with Crippen LogP contribution in [0.15, 0.2) is 58.4 Å². The van der Waals surface area contributed by atoms with Crippen LogP contribution in [-0.4, -0.2) is 38.5 Å². The molecule has 3 rings (SSSR count). The molecule has 0 aromatic heterocycles. The number of nitrogens with one attached hydrogen (secondary N) is 2. The van der Waals surface area contributed by atoms with E-state index in [1.165, 1.54) is 17.7 Å². The fraction of sp³-hybridized carbons (Fsp3) is 0.350. The molecule has 0 saturated heterocycles. The first-order valence-electron chi connectivity index (χ1n) is 8.62. The molecule has 0 aliphatic heterocycles. The van der Waals surface area contributed by atoms with Crippen molar-refractivity contribution in [2.75, 3.05) is 33.1 Å². The van der Waals surface area contributed by atoms with Crippen LogP contribution in [-0.2, 0) is 0 Å². The van der Waals surface area contributed by atoms with Crippen molar-refractivity contribution in [3.63, 3.8) is 0 Å². The highest BCUT2D eigenvalue weighted by Crippen LogP contribution is 2.51. The fourth-order valence-corrected chi connectivity index (χ4v) is 3.91. The Bertz CT molecular complexity index is 761. The molecule has 0 heterocycles. The van der Waals surface area contributed by atoms with Crippen molar-refractivity contribution in [2.45, 2.75) is 22.5 Å². The van der Waals surface area contributed by atoms with Gasteiger partial charge in [0, 0.05) is 35.0 Å². The van der Waals surface area contributed by atoms with Crippen molar-refractivity contribution in [1.29, 1.82) is 0 Å². The third-order valence-corrected chi connectivity index (χ3v) is 5.83. The monoisotopic (exact) mass is 371 g/mol. The quantitative estimate of drug-likeness (QED) is 0.569. The van der Waals surface area contributed by atoms with E-state index in [0.717, 1.165) is 18.2 Å². The Kier molecular flexibility index (Phi) is 5.93. The van der Waals surface area contributed by atoms with Gasteiger partial charge in [-0.05, 0) is 37.1 Å². The number of hydrogen-bond acceptors (Lipinski definition) is 4. The molecular formula is C20H25N3O2S. The molecule has 1 aliphatic carbocycles. The van der Waals surface area contributed by atoms with E-state index in [0.29, 0.717) is 11.5 Å². The molecule has 0 spiro atoms. The lowest BCUT2D eigenvalue weighted by atomic mass is 10.2. The maximum absolute atomic E-state index is 5.35. The second-order valence-corrected chi connectivity index (χ2v) is 7.76. The highest BCUT2D eigenvalue weighted by molar-refractivity contribution is 8.01. The van der Waals surface area contributed by atoms with Crippen molar-refractivity contribution in [2.24, 2.45) is 4.99 Å². The number of thioether (sulfide) groups is 1. The molecular weight excluding hydrogens is 346 g/mol. The lowest BCUT2D eigenvalue weighted by Crippen LogP contribution is -2.36. The highest BCUT2D eigenvalue weighted by atomic mass is 32.2. The average molecular weight is 372 g/mol. The molecule has 6 heteroatoms. The Balaban J connectivity index is 1.59. The van der Waals surface area contributed by atoms with Crippen LogP contribution in [0.4, 0.5) is 5.69 Å². The van der Waals surface area contributed by atoms with Gasteiger partial charge in [-0.1, -0.05) is 18.2 Å². The van der Waals surface area contributed by atoms with Crippen molar-refractivity contribution in [3.05, 3.63) is 48.5 Å². The Morgan fingerprint density at radius 3 is 2.42 bits per heavy atom. The number of aliphatic imine (C=N–C) groups is 1. The molecule has 2 aromatic carbocycles. The molecule has 1 aliphatic rings. The summed E-state index contributed by atoms with van der Waals surface area (Å²) in [4.78, 5) is 5.65. The van der Waals surface area contributed by atoms with Gasteiger partial charge in [0.05, 0.1) is 14.2 Å². The van der Waals surface area contributed by atoms with E-state index in [2.05, 4.69) is 46.0 Å². The van der Waals surface area contributed by atoms with E-state index >= 15 is 0 Å². The predicted octanol–water partition coefficient (Wildman–Crippen LogP) is 4.02. The van der Waals surface area contributed by atoms with Crippen LogP contribution in [0.3, 0.4) is 0 Å². The Labute approximate surface area is 159 Å². The summed E-state index contributed by atoms with van der Waals surface area (Å²) < 4.78 is 10.9. The number of hydrogen-bond donors (Lipinski definition) is 2. The molecule has 138 valence electrons. The third kappa shape index (κ3) is 4.64. The van der Waals surface area contributed by atoms with E-state index in [9.17, 15) is 0 Å². The zero-order valence-corrected chi connectivity index (χ0v) is 16.2. The Hall–Kier alpha value is -2.34. The lowest BCUT2D eigenvalue weighted by Gasteiger charge is -2.19. The van der Waals surface area contributed by atoms with Crippen molar-refractivity contribution in [3.8, 4) is 11.5 Å². The van der Waals surface area contributed by atoms with Crippen LogP contribution < -0.4 is 20.1 Å². The van der Waals surface area contributed by atoms with Crippen molar-refractivity contribution < 1.29 is 9.47 Å². The van der Waals surface area contributed by atoms with E-state index in [4.69, 9.17) is 9.47 Å². The van der Waals surface area contributed by atoms with Crippen LogP contribution in [0, 0.1) is 0 Å². The second-order valence-electron chi connectivity index (χ2n) is 6.22. The van der Waals surface area contributed by atoms with Gasteiger partial charge in [0.1, 0.15) is 0 Å². The molecule has 1 fully saturated rings. The van der Waals surface area contributed by atoms with Crippen molar-refractivity contribution >= 4 is 23.4 Å². The van der Waals surface area contributed by atoms with Gasteiger partial charge >= 0.3 is 0 Å². The molecule has 2 aromatic rings. The van der Waals surface area contributed by atoms with Crippen LogP contribution in [0.5, 0.6) is 11.5 Å². The predicted molar refractivity (Wildman–Crippen MR) is 109 cm³/mol. The number of methoxy groups -OCH3 is 2. The summed E-state index contributed by atoms with van der Waals surface area (Å²) in [5.74, 6) is 2.14. The van der Waals surface area contributed by atoms with Gasteiger partial charge in [0.2, 0.25) is 0 Å². The van der Waals surface area contributed by atoms with Gasteiger partial charge in [-0.3, -0.25) is 4.99 Å². The summed E-state index contributed by atoms with van der Waals surface area (Å²) in [6.45, 7) is 0.875. The topological polar surface area (TPSA) is 54.9 Å². The first-order chi connectivity index (χ1) is 12.7. The SMILES string of the molecule is CN=C(NCC1(Sc2ccccc2)CC1)Nc1ccc(OC)c(OC)c1. The largest absolute Gasteiger partial charge is 0.493 e. The first kappa shape index (κ1) is 18.5. The van der Waals surface area contributed by atoms with Crippen molar-refractivity contribution in [1.82, 2.24) is 5.32 Å². The molecule has 0 unspecified atom stereocenters. The number of nitrogens with zero attached hydrogens (tertiary/aromatic N) is 1. The standard InChI is InChI=1S/C20H25N3O2S/c1-21-19(23-15-9-10-17(24-2)18(13-15)25-3)22-14-20(11-12-20)26-16-7-5-4-6-8-16/h4-10,13H,11-12,14H2,1-3H3,(H2,21,22,23). The third-order valence-electron chi connectivity index (χ3n) is 4.33. The average Bonchev–Trinajstić information content (AvgIpc) is 3.45. The van der Waals surface area contributed by atoms with Gasteiger partial charge in [0.25, 0.3) is 0 Å². The molecule has 26 heavy (non-hydrogen) atoms. The highest BCUT2D eigenvalue weighted by Gasteiger charge is 2.43. The van der Waals surface area contributed by atoms with E-state index in [1.807, 2.05) is 30.0 Å². The summed E-state index contributed by atoms with van der Waals surface area (Å²) in [6, 6.07) is 16.3. The second kappa shape index (κ2) is 8.36. The zero-order chi connectivity index (χ0) is 18.4. The molecule has 1 saturated carbocycles. The zero-order valence-electron chi connectivity index (χ0n) is 15.4. The number of guanidine groups is 1. The van der Waals surface area contributed by atoms with Crippen LogP contribution in [0.25, 0.3) is 0 Å². The summed E-state index contributed by atoms with van der Waals surface area (Å²) in [6.07, 6.45) is 2.43. The smallest absolute Gasteiger partial charge is 0.195 e.